The zero-order valence-corrected chi connectivity index (χ0v) is 12.6. The molecule has 1 aromatic carbocycles. The Kier molecular flexibility index (Phi) is 3.14. The maximum Gasteiger partial charge on any atom is 0.339 e. The average molecular weight is 307 g/mol. The predicted molar refractivity (Wildman–Crippen MR) is 74.7 cm³/mol. The van der Waals surface area contributed by atoms with Crippen LogP contribution >= 0.6 is 0 Å². The summed E-state index contributed by atoms with van der Waals surface area (Å²) in [4.78, 5) is 26.9. The Morgan fingerprint density at radius 3 is 2.86 bits per heavy atom. The molecule has 1 aliphatic heterocycles. The van der Waals surface area contributed by atoms with Gasteiger partial charge in [0.15, 0.2) is 6.10 Å². The van der Waals surface area contributed by atoms with Crippen LogP contribution in [0.2, 0.25) is 0 Å². The molecule has 1 N–H and O–H groups in total. The number of aryl methyl sites for hydroxylation is 1. The van der Waals surface area contributed by atoms with E-state index in [4.69, 9.17) is 4.74 Å². The highest BCUT2D eigenvalue weighted by Crippen LogP contribution is 2.50. The van der Waals surface area contributed by atoms with Crippen LogP contribution in [0.1, 0.15) is 58.7 Å². The van der Waals surface area contributed by atoms with Gasteiger partial charge in [0.25, 0.3) is 5.09 Å². The summed E-state index contributed by atoms with van der Waals surface area (Å²) in [6.45, 7) is 5.36. The Morgan fingerprint density at radius 1 is 1.55 bits per heavy atom. The quantitative estimate of drug-likeness (QED) is 0.521. The summed E-state index contributed by atoms with van der Waals surface area (Å²) in [6, 6.07) is 1.84. The molecule has 0 radical (unpaired) electrons. The number of ether oxygens (including phenoxy) is 1. The van der Waals surface area contributed by atoms with Gasteiger partial charge in [0, 0.05) is 5.56 Å². The third-order valence-electron chi connectivity index (χ3n) is 4.49. The van der Waals surface area contributed by atoms with E-state index < -0.39 is 23.3 Å². The zero-order chi connectivity index (χ0) is 16.2. The lowest BCUT2D eigenvalue weighted by Gasteiger charge is -2.22. The van der Waals surface area contributed by atoms with E-state index in [2.05, 4.69) is 4.84 Å². The molecule has 7 nitrogen and oxygen atoms in total. The van der Waals surface area contributed by atoms with E-state index in [1.54, 1.807) is 6.92 Å². The molecule has 3 rings (SSSR count). The molecule has 1 heterocycles. The molecule has 0 saturated heterocycles. The van der Waals surface area contributed by atoms with Crippen LogP contribution in [0, 0.1) is 22.5 Å². The van der Waals surface area contributed by atoms with Crippen LogP contribution in [-0.2, 0) is 16.0 Å². The molecular formula is C15H17NO6. The first kappa shape index (κ1) is 14.8. The molecule has 0 aromatic heterocycles. The Morgan fingerprint density at radius 2 is 2.23 bits per heavy atom. The number of esters is 1. The van der Waals surface area contributed by atoms with Gasteiger partial charge in [-0.25, -0.2) is 4.79 Å². The second-order valence-electron chi connectivity index (χ2n) is 6.53. The topological polar surface area (TPSA) is 98.9 Å². The molecule has 1 aromatic rings. The Balaban J connectivity index is 2.08. The van der Waals surface area contributed by atoms with Gasteiger partial charge in [0.1, 0.15) is 6.61 Å². The number of cyclic esters (lactones) is 1. The standard InChI is InChI=1S/C15H17NO6/c1-7-4-8-9(5-15(2,3)13(8)17)12-11(7)10(22-14(12)18)6-21-16(19)20/h4,10,13,17H,5-6H2,1-3H3/t10-,13-/m1/s1. The van der Waals surface area contributed by atoms with Crippen molar-refractivity contribution in [2.45, 2.75) is 39.4 Å². The molecule has 0 unspecified atom stereocenters. The van der Waals surface area contributed by atoms with Gasteiger partial charge in [-0.3, -0.25) is 0 Å². The van der Waals surface area contributed by atoms with E-state index in [9.17, 15) is 20.0 Å². The van der Waals surface area contributed by atoms with Crippen LogP contribution in [0.5, 0.6) is 0 Å². The molecule has 0 saturated carbocycles. The van der Waals surface area contributed by atoms with Crippen molar-refractivity contribution in [2.24, 2.45) is 5.41 Å². The lowest BCUT2D eigenvalue weighted by atomic mass is 9.87. The Bertz CT molecular complexity index is 681. The summed E-state index contributed by atoms with van der Waals surface area (Å²) >= 11 is 0. The van der Waals surface area contributed by atoms with Crippen LogP contribution < -0.4 is 0 Å². The van der Waals surface area contributed by atoms with Crippen LogP contribution in [0.25, 0.3) is 0 Å². The molecule has 2 atom stereocenters. The smallest absolute Gasteiger partial charge is 0.339 e. The van der Waals surface area contributed by atoms with Crippen molar-refractivity contribution in [1.82, 2.24) is 0 Å². The number of hydrogen-bond acceptors (Lipinski definition) is 6. The maximum absolute atomic E-state index is 12.2. The van der Waals surface area contributed by atoms with Crippen molar-refractivity contribution in [2.75, 3.05) is 6.61 Å². The van der Waals surface area contributed by atoms with Gasteiger partial charge in [0.2, 0.25) is 0 Å². The number of carbonyl (C=O) groups is 1. The third kappa shape index (κ3) is 2.04. The lowest BCUT2D eigenvalue weighted by molar-refractivity contribution is -0.759. The van der Waals surface area contributed by atoms with Gasteiger partial charge in [0.05, 0.1) is 11.7 Å². The number of aliphatic hydroxyl groups excluding tert-OH is 1. The fraction of sp³-hybridized carbons (Fsp3) is 0.533. The minimum Gasteiger partial charge on any atom is -0.452 e. The molecule has 0 bridgehead atoms. The summed E-state index contributed by atoms with van der Waals surface area (Å²) in [5.41, 5.74) is 3.01. The summed E-state index contributed by atoms with van der Waals surface area (Å²) < 4.78 is 5.24. The van der Waals surface area contributed by atoms with E-state index in [1.807, 2.05) is 19.9 Å². The molecule has 7 heteroatoms. The van der Waals surface area contributed by atoms with Crippen LogP contribution in [-0.4, -0.2) is 22.8 Å². The maximum atomic E-state index is 12.2. The first-order valence-electron chi connectivity index (χ1n) is 7.05. The van der Waals surface area contributed by atoms with Gasteiger partial charge in [-0.1, -0.05) is 19.9 Å². The molecule has 0 spiro atoms. The van der Waals surface area contributed by atoms with Crippen molar-refractivity contribution in [3.63, 3.8) is 0 Å². The van der Waals surface area contributed by atoms with Crippen molar-refractivity contribution in [1.29, 1.82) is 0 Å². The molecule has 118 valence electrons. The minimum absolute atomic E-state index is 0.322. The Hall–Kier alpha value is -2.15. The third-order valence-corrected chi connectivity index (χ3v) is 4.49. The molecule has 0 fully saturated rings. The van der Waals surface area contributed by atoms with Gasteiger partial charge in [-0.05, 0) is 35.4 Å². The summed E-state index contributed by atoms with van der Waals surface area (Å²) in [7, 11) is 0. The molecule has 0 amide bonds. The SMILES string of the molecule is Cc1cc2c(c3c1[C@@H](CO[N+](=O)[O-])OC3=O)CC(C)(C)[C@@H]2O. The predicted octanol–water partition coefficient (Wildman–Crippen LogP) is 2.03. The zero-order valence-electron chi connectivity index (χ0n) is 12.6. The summed E-state index contributed by atoms with van der Waals surface area (Å²) in [6.07, 6.45) is -0.864. The number of benzene rings is 1. The van der Waals surface area contributed by atoms with E-state index in [0.717, 1.165) is 16.7 Å². The first-order valence-corrected chi connectivity index (χ1v) is 7.05. The van der Waals surface area contributed by atoms with Crippen LogP contribution in [0.4, 0.5) is 0 Å². The van der Waals surface area contributed by atoms with E-state index in [0.29, 0.717) is 17.5 Å². The number of carbonyl (C=O) groups excluding carboxylic acids is 1. The summed E-state index contributed by atoms with van der Waals surface area (Å²) in [5, 5.41) is 19.9. The van der Waals surface area contributed by atoms with Gasteiger partial charge in [-0.2, -0.15) is 0 Å². The van der Waals surface area contributed by atoms with Crippen molar-refractivity contribution < 1.29 is 24.6 Å². The summed E-state index contributed by atoms with van der Waals surface area (Å²) in [5.74, 6) is -0.503. The number of rotatable bonds is 3. The number of fused-ring (bicyclic) bond motifs is 3. The van der Waals surface area contributed by atoms with E-state index in [1.165, 1.54) is 0 Å². The highest BCUT2D eigenvalue weighted by molar-refractivity contribution is 5.97. The van der Waals surface area contributed by atoms with E-state index >= 15 is 0 Å². The molecule has 1 aliphatic carbocycles. The van der Waals surface area contributed by atoms with E-state index in [-0.39, 0.29) is 12.0 Å². The first-order chi connectivity index (χ1) is 10.2. The van der Waals surface area contributed by atoms with Crippen molar-refractivity contribution >= 4 is 5.97 Å². The largest absolute Gasteiger partial charge is 0.452 e. The van der Waals surface area contributed by atoms with Crippen molar-refractivity contribution in [3.8, 4) is 0 Å². The van der Waals surface area contributed by atoms with Crippen LogP contribution in [0.15, 0.2) is 6.07 Å². The van der Waals surface area contributed by atoms with Crippen LogP contribution in [0.3, 0.4) is 0 Å². The van der Waals surface area contributed by atoms with Gasteiger partial charge < -0.3 is 14.7 Å². The number of hydrogen-bond donors (Lipinski definition) is 1. The fourth-order valence-corrected chi connectivity index (χ4v) is 3.45. The average Bonchev–Trinajstić information content (AvgIpc) is 2.86. The monoisotopic (exact) mass is 307 g/mol. The fourth-order valence-electron chi connectivity index (χ4n) is 3.45. The van der Waals surface area contributed by atoms with Gasteiger partial charge in [-0.15, -0.1) is 10.1 Å². The highest BCUT2D eigenvalue weighted by Gasteiger charge is 2.45. The Labute approximate surface area is 126 Å². The highest BCUT2D eigenvalue weighted by atomic mass is 17.0. The van der Waals surface area contributed by atoms with Crippen molar-refractivity contribution in [3.05, 3.63) is 44.0 Å². The molecule has 22 heavy (non-hydrogen) atoms. The second kappa shape index (κ2) is 4.67. The molecule has 2 aliphatic rings. The number of nitrogens with zero attached hydrogens (tertiary/aromatic N) is 1. The second-order valence-corrected chi connectivity index (χ2v) is 6.53. The van der Waals surface area contributed by atoms with Gasteiger partial charge >= 0.3 is 5.97 Å². The lowest BCUT2D eigenvalue weighted by Crippen LogP contribution is -2.17. The minimum atomic E-state index is -0.901. The molecular weight excluding hydrogens is 290 g/mol. The normalized spacial score (nSPS) is 24.6. The number of aliphatic hydroxyl groups is 1.